The fourth-order valence-corrected chi connectivity index (χ4v) is 0.691. The van der Waals surface area contributed by atoms with Crippen LogP contribution in [0.3, 0.4) is 0 Å². The first-order valence-corrected chi connectivity index (χ1v) is 3.65. The van der Waals surface area contributed by atoms with Gasteiger partial charge in [-0.25, -0.2) is 0 Å². The van der Waals surface area contributed by atoms with Gasteiger partial charge in [0.25, 0.3) is 0 Å². The Morgan fingerprint density at radius 1 is 1.54 bits per heavy atom. The molecule has 2 N–H and O–H groups in total. The van der Waals surface area contributed by atoms with E-state index in [1.54, 1.807) is 0 Å². The predicted octanol–water partition coefficient (Wildman–Crippen LogP) is 1.25. The van der Waals surface area contributed by atoms with E-state index in [2.05, 4.69) is 5.92 Å². The Labute approximate surface area is 74.3 Å². The van der Waals surface area contributed by atoms with Crippen LogP contribution >= 0.6 is 0 Å². The molecule has 0 saturated carbocycles. The summed E-state index contributed by atoms with van der Waals surface area (Å²) in [5.41, 5.74) is 5.20. The van der Waals surface area contributed by atoms with Crippen molar-refractivity contribution in [3.8, 4) is 12.3 Å². The van der Waals surface area contributed by atoms with Crippen molar-refractivity contribution in [1.82, 2.24) is 0 Å². The molecule has 5 heteroatoms. The molecule has 0 saturated heterocycles. The first-order valence-electron chi connectivity index (χ1n) is 3.65. The molecular formula is C8H10F3NO. The zero-order chi connectivity index (χ0) is 10.5. The van der Waals surface area contributed by atoms with E-state index in [1.807, 2.05) is 0 Å². The zero-order valence-corrected chi connectivity index (χ0v) is 6.90. The van der Waals surface area contributed by atoms with E-state index in [-0.39, 0.29) is 6.42 Å². The van der Waals surface area contributed by atoms with Gasteiger partial charge >= 0.3 is 6.18 Å². The van der Waals surface area contributed by atoms with Gasteiger partial charge in [0.1, 0.15) is 0 Å². The van der Waals surface area contributed by atoms with Gasteiger partial charge in [-0.1, -0.05) is 0 Å². The highest BCUT2D eigenvalue weighted by Crippen LogP contribution is 2.21. The topological polar surface area (TPSA) is 43.1 Å². The van der Waals surface area contributed by atoms with Gasteiger partial charge in [-0.05, 0) is 0 Å². The average molecular weight is 193 g/mol. The van der Waals surface area contributed by atoms with Crippen molar-refractivity contribution < 1.29 is 18.0 Å². The number of Topliss-reactive ketones (excluding diaryl/α,β-unsaturated/α-hetero) is 1. The van der Waals surface area contributed by atoms with Gasteiger partial charge in [-0.2, -0.15) is 13.2 Å². The Morgan fingerprint density at radius 3 is 2.46 bits per heavy atom. The molecule has 0 aromatic heterocycles. The summed E-state index contributed by atoms with van der Waals surface area (Å²) in [4.78, 5) is 10.9. The second kappa shape index (κ2) is 4.87. The van der Waals surface area contributed by atoms with Crippen LogP contribution in [0, 0.1) is 12.3 Å². The summed E-state index contributed by atoms with van der Waals surface area (Å²) >= 11 is 0. The van der Waals surface area contributed by atoms with Crippen LogP contribution in [0.5, 0.6) is 0 Å². The summed E-state index contributed by atoms with van der Waals surface area (Å²) in [6, 6.07) is -0.965. The molecule has 2 nitrogen and oxygen atoms in total. The minimum Gasteiger partial charge on any atom is -0.321 e. The molecule has 0 aliphatic heterocycles. The van der Waals surface area contributed by atoms with Crippen LogP contribution in [0.25, 0.3) is 0 Å². The number of carbonyl (C=O) groups is 1. The maximum atomic E-state index is 11.6. The van der Waals surface area contributed by atoms with E-state index in [4.69, 9.17) is 12.2 Å². The second-order valence-corrected chi connectivity index (χ2v) is 2.60. The normalized spacial score (nSPS) is 13.5. The van der Waals surface area contributed by atoms with Crippen LogP contribution in [-0.4, -0.2) is 18.0 Å². The minimum absolute atomic E-state index is 0.0172. The molecule has 1 atom stereocenters. The summed E-state index contributed by atoms with van der Waals surface area (Å²) < 4.78 is 34.9. The Balaban J connectivity index is 3.83. The van der Waals surface area contributed by atoms with Crippen LogP contribution in [0.4, 0.5) is 13.2 Å². The minimum atomic E-state index is -4.31. The van der Waals surface area contributed by atoms with Crippen molar-refractivity contribution in [3.63, 3.8) is 0 Å². The SMILES string of the molecule is C#CCC(N)C(=O)CCC(F)(F)F. The van der Waals surface area contributed by atoms with Crippen molar-refractivity contribution in [3.05, 3.63) is 0 Å². The number of rotatable bonds is 4. The number of hydrogen-bond donors (Lipinski definition) is 1. The third kappa shape index (κ3) is 6.17. The quantitative estimate of drug-likeness (QED) is 0.683. The molecular weight excluding hydrogens is 183 g/mol. The molecule has 0 aliphatic rings. The summed E-state index contributed by atoms with van der Waals surface area (Å²) in [7, 11) is 0. The first kappa shape index (κ1) is 12.0. The van der Waals surface area contributed by atoms with Crippen LogP contribution in [0.1, 0.15) is 19.3 Å². The zero-order valence-electron chi connectivity index (χ0n) is 6.90. The number of terminal acetylenes is 1. The van der Waals surface area contributed by atoms with E-state index in [0.717, 1.165) is 0 Å². The molecule has 0 heterocycles. The first-order chi connectivity index (χ1) is 5.87. The molecule has 0 spiro atoms. The number of halogens is 3. The standard InChI is InChI=1S/C8H10F3NO/c1-2-3-6(12)7(13)4-5-8(9,10)11/h1,6H,3-5,12H2. The van der Waals surface area contributed by atoms with Gasteiger partial charge in [0.15, 0.2) is 5.78 Å². The Hall–Kier alpha value is -1.02. The van der Waals surface area contributed by atoms with Gasteiger partial charge in [-0.15, -0.1) is 12.3 Å². The molecule has 0 radical (unpaired) electrons. The number of alkyl halides is 3. The van der Waals surface area contributed by atoms with E-state index in [0.29, 0.717) is 0 Å². The fourth-order valence-electron chi connectivity index (χ4n) is 0.691. The number of hydrogen-bond acceptors (Lipinski definition) is 2. The van der Waals surface area contributed by atoms with E-state index in [9.17, 15) is 18.0 Å². The maximum Gasteiger partial charge on any atom is 0.389 e. The third-order valence-corrected chi connectivity index (χ3v) is 1.41. The van der Waals surface area contributed by atoms with Gasteiger partial charge in [0.05, 0.1) is 12.5 Å². The lowest BCUT2D eigenvalue weighted by atomic mass is 10.1. The lowest BCUT2D eigenvalue weighted by Crippen LogP contribution is -2.30. The molecule has 0 aromatic rings. The van der Waals surface area contributed by atoms with Crippen molar-refractivity contribution in [2.45, 2.75) is 31.5 Å². The monoisotopic (exact) mass is 193 g/mol. The van der Waals surface area contributed by atoms with Gasteiger partial charge < -0.3 is 5.73 Å². The summed E-state index contributed by atoms with van der Waals surface area (Å²) in [6.07, 6.45) is -1.21. The van der Waals surface area contributed by atoms with Crippen molar-refractivity contribution in [2.75, 3.05) is 0 Å². The highest BCUT2D eigenvalue weighted by Gasteiger charge is 2.28. The number of nitrogens with two attached hydrogens (primary N) is 1. The Bertz CT molecular complexity index is 216. The van der Waals surface area contributed by atoms with E-state index in [1.165, 1.54) is 0 Å². The molecule has 0 fully saturated rings. The van der Waals surface area contributed by atoms with Crippen LogP contribution < -0.4 is 5.73 Å². The van der Waals surface area contributed by atoms with Gasteiger partial charge in [-0.3, -0.25) is 4.79 Å². The molecule has 0 rings (SSSR count). The molecule has 0 bridgehead atoms. The predicted molar refractivity (Wildman–Crippen MR) is 41.7 cm³/mol. The lowest BCUT2D eigenvalue weighted by molar-refractivity contribution is -0.143. The number of ketones is 1. The molecule has 0 aromatic carbocycles. The maximum absolute atomic E-state index is 11.6. The highest BCUT2D eigenvalue weighted by atomic mass is 19.4. The Morgan fingerprint density at radius 2 is 2.08 bits per heavy atom. The second-order valence-electron chi connectivity index (χ2n) is 2.60. The van der Waals surface area contributed by atoms with Crippen LogP contribution in [0.15, 0.2) is 0 Å². The third-order valence-electron chi connectivity index (χ3n) is 1.41. The van der Waals surface area contributed by atoms with Crippen LogP contribution in [0.2, 0.25) is 0 Å². The molecule has 1 unspecified atom stereocenters. The smallest absolute Gasteiger partial charge is 0.321 e. The largest absolute Gasteiger partial charge is 0.389 e. The van der Waals surface area contributed by atoms with Crippen molar-refractivity contribution in [2.24, 2.45) is 5.73 Å². The summed E-state index contributed by atoms with van der Waals surface area (Å²) in [5.74, 6) is 1.48. The number of carbonyl (C=O) groups excluding carboxylic acids is 1. The lowest BCUT2D eigenvalue weighted by Gasteiger charge is -2.08. The molecule has 13 heavy (non-hydrogen) atoms. The van der Waals surface area contributed by atoms with Crippen LogP contribution in [-0.2, 0) is 4.79 Å². The highest BCUT2D eigenvalue weighted by molar-refractivity contribution is 5.84. The van der Waals surface area contributed by atoms with Crippen molar-refractivity contribution in [1.29, 1.82) is 0 Å². The van der Waals surface area contributed by atoms with E-state index >= 15 is 0 Å². The molecule has 74 valence electrons. The van der Waals surface area contributed by atoms with Crippen molar-refractivity contribution >= 4 is 5.78 Å². The molecule has 0 aliphatic carbocycles. The van der Waals surface area contributed by atoms with Gasteiger partial charge in [0, 0.05) is 12.8 Å². The summed E-state index contributed by atoms with van der Waals surface area (Å²) in [5, 5.41) is 0. The average Bonchev–Trinajstić information content (AvgIpc) is 1.99. The Kier molecular flexibility index (Phi) is 4.49. The fraction of sp³-hybridized carbons (Fsp3) is 0.625. The molecule has 0 amide bonds. The van der Waals surface area contributed by atoms with E-state index < -0.39 is 30.8 Å². The summed E-state index contributed by atoms with van der Waals surface area (Å²) in [6.45, 7) is 0. The van der Waals surface area contributed by atoms with Gasteiger partial charge in [0.2, 0.25) is 0 Å².